The van der Waals surface area contributed by atoms with E-state index in [0.717, 1.165) is 5.56 Å². The lowest BCUT2D eigenvalue weighted by molar-refractivity contribution is -0.128. The molecular weight excluding hydrogens is 400 g/mol. The van der Waals surface area contributed by atoms with Gasteiger partial charge in [-0.25, -0.2) is 4.79 Å². The highest BCUT2D eigenvalue weighted by Crippen LogP contribution is 2.28. The first-order valence-electron chi connectivity index (χ1n) is 10.3. The number of furan rings is 1. The molecule has 2 unspecified atom stereocenters. The van der Waals surface area contributed by atoms with Crippen molar-refractivity contribution in [1.82, 2.24) is 10.6 Å². The van der Waals surface area contributed by atoms with Crippen LogP contribution in [0, 0.1) is 0 Å². The van der Waals surface area contributed by atoms with E-state index < -0.39 is 29.5 Å². The van der Waals surface area contributed by atoms with Crippen LogP contribution in [-0.2, 0) is 19.7 Å². The molecule has 1 aromatic carbocycles. The summed E-state index contributed by atoms with van der Waals surface area (Å²) in [7, 11) is 0. The molecule has 3 atom stereocenters. The SMILES string of the molecule is CCC1OCC(=O)C1NC(=O)[C@H](CC(C)(C)c1ccccc1)NC(=O)Oc1ccoc1. The summed E-state index contributed by atoms with van der Waals surface area (Å²) < 4.78 is 15.5. The monoisotopic (exact) mass is 428 g/mol. The molecule has 1 aromatic heterocycles. The molecule has 31 heavy (non-hydrogen) atoms. The standard InChI is InChI=1S/C23H28N2O6/c1-4-19-20(18(26)14-30-19)25-21(27)17(24-22(28)31-16-10-11-29-13-16)12-23(2,3)15-8-6-5-7-9-15/h5-11,13,17,19-20H,4,12,14H2,1-3H3,(H,24,28)(H,25,27)/t17-,19?,20?/m0/s1. The zero-order valence-electron chi connectivity index (χ0n) is 17.9. The Morgan fingerprint density at radius 3 is 2.61 bits per heavy atom. The number of carbonyl (C=O) groups is 3. The summed E-state index contributed by atoms with van der Waals surface area (Å²) in [6.45, 7) is 5.84. The Labute approximate surface area is 181 Å². The number of benzene rings is 1. The molecule has 2 heterocycles. The summed E-state index contributed by atoms with van der Waals surface area (Å²) in [6, 6.07) is 9.54. The lowest BCUT2D eigenvalue weighted by Crippen LogP contribution is -2.55. The van der Waals surface area contributed by atoms with E-state index >= 15 is 0 Å². The van der Waals surface area contributed by atoms with Crippen molar-refractivity contribution < 1.29 is 28.3 Å². The van der Waals surface area contributed by atoms with Gasteiger partial charge >= 0.3 is 6.09 Å². The highest BCUT2D eigenvalue weighted by Gasteiger charge is 2.38. The van der Waals surface area contributed by atoms with Crippen molar-refractivity contribution in [1.29, 1.82) is 0 Å². The van der Waals surface area contributed by atoms with Gasteiger partial charge in [0.1, 0.15) is 25.0 Å². The maximum atomic E-state index is 13.1. The van der Waals surface area contributed by atoms with E-state index in [2.05, 4.69) is 10.6 Å². The molecule has 1 fully saturated rings. The summed E-state index contributed by atoms with van der Waals surface area (Å²) in [5, 5.41) is 5.40. The quantitative estimate of drug-likeness (QED) is 0.669. The topological polar surface area (TPSA) is 107 Å². The number of ketones is 1. The first kappa shape index (κ1) is 22.6. The number of hydrogen-bond acceptors (Lipinski definition) is 6. The third kappa shape index (κ3) is 5.73. The summed E-state index contributed by atoms with van der Waals surface area (Å²) in [6.07, 6.45) is 2.38. The van der Waals surface area contributed by atoms with E-state index in [1.165, 1.54) is 18.6 Å². The number of ether oxygens (including phenoxy) is 2. The lowest BCUT2D eigenvalue weighted by atomic mass is 9.79. The minimum Gasteiger partial charge on any atom is -0.469 e. The molecule has 166 valence electrons. The third-order valence-corrected chi connectivity index (χ3v) is 5.44. The largest absolute Gasteiger partial charge is 0.469 e. The minimum absolute atomic E-state index is 0.0282. The van der Waals surface area contributed by atoms with Crippen LogP contribution in [0.25, 0.3) is 0 Å². The van der Waals surface area contributed by atoms with E-state index in [1.807, 2.05) is 51.1 Å². The fourth-order valence-corrected chi connectivity index (χ4v) is 3.68. The van der Waals surface area contributed by atoms with E-state index in [1.54, 1.807) is 0 Å². The predicted molar refractivity (Wildman–Crippen MR) is 113 cm³/mol. The average Bonchev–Trinajstić information content (AvgIpc) is 3.38. The first-order valence-corrected chi connectivity index (χ1v) is 10.3. The van der Waals surface area contributed by atoms with Crippen molar-refractivity contribution in [3.8, 4) is 5.75 Å². The summed E-state index contributed by atoms with van der Waals surface area (Å²) >= 11 is 0. The van der Waals surface area contributed by atoms with Crippen LogP contribution in [0.2, 0.25) is 0 Å². The molecule has 0 saturated carbocycles. The van der Waals surface area contributed by atoms with Crippen molar-refractivity contribution in [3.05, 3.63) is 54.5 Å². The van der Waals surface area contributed by atoms with Crippen molar-refractivity contribution >= 4 is 17.8 Å². The number of hydrogen-bond donors (Lipinski definition) is 2. The molecule has 0 spiro atoms. The molecule has 8 heteroatoms. The molecule has 8 nitrogen and oxygen atoms in total. The summed E-state index contributed by atoms with van der Waals surface area (Å²) in [5.74, 6) is -0.415. The van der Waals surface area contributed by atoms with Crippen LogP contribution in [0.5, 0.6) is 5.75 Å². The maximum absolute atomic E-state index is 13.1. The van der Waals surface area contributed by atoms with Gasteiger partial charge in [0.2, 0.25) is 5.91 Å². The first-order chi connectivity index (χ1) is 14.8. The zero-order chi connectivity index (χ0) is 22.4. The molecule has 0 aliphatic carbocycles. The maximum Gasteiger partial charge on any atom is 0.413 e. The van der Waals surface area contributed by atoms with Crippen molar-refractivity contribution in [3.63, 3.8) is 0 Å². The molecule has 2 N–H and O–H groups in total. The third-order valence-electron chi connectivity index (χ3n) is 5.44. The highest BCUT2D eigenvalue weighted by molar-refractivity contribution is 5.94. The Morgan fingerprint density at radius 2 is 1.97 bits per heavy atom. The Kier molecular flexibility index (Phi) is 7.12. The van der Waals surface area contributed by atoms with Crippen molar-refractivity contribution in [2.45, 2.75) is 57.2 Å². The highest BCUT2D eigenvalue weighted by atomic mass is 16.6. The Hall–Kier alpha value is -3.13. The smallest absolute Gasteiger partial charge is 0.413 e. The number of carbonyl (C=O) groups excluding carboxylic acids is 3. The molecule has 1 saturated heterocycles. The number of rotatable bonds is 8. The molecule has 1 aliphatic rings. The molecule has 0 bridgehead atoms. The van der Waals surface area contributed by atoms with Gasteiger partial charge in [-0.05, 0) is 23.8 Å². The van der Waals surface area contributed by atoms with Gasteiger partial charge in [-0.2, -0.15) is 0 Å². The minimum atomic E-state index is -0.930. The van der Waals surface area contributed by atoms with Crippen molar-refractivity contribution in [2.75, 3.05) is 6.61 Å². The predicted octanol–water partition coefficient (Wildman–Crippen LogP) is 2.97. The van der Waals surface area contributed by atoms with Crippen LogP contribution in [-0.4, -0.2) is 42.6 Å². The Balaban J connectivity index is 1.76. The fourth-order valence-electron chi connectivity index (χ4n) is 3.68. The molecule has 2 aromatic rings. The molecule has 2 amide bonds. The second-order valence-corrected chi connectivity index (χ2v) is 8.21. The van der Waals surface area contributed by atoms with E-state index in [4.69, 9.17) is 13.9 Å². The molecule has 3 rings (SSSR count). The van der Waals surface area contributed by atoms with Gasteiger partial charge in [0.25, 0.3) is 0 Å². The van der Waals surface area contributed by atoms with Crippen LogP contribution in [0.15, 0.2) is 53.3 Å². The van der Waals surface area contributed by atoms with Crippen molar-refractivity contribution in [2.24, 2.45) is 0 Å². The van der Waals surface area contributed by atoms with Gasteiger partial charge < -0.3 is 24.5 Å². The second kappa shape index (κ2) is 9.78. The Morgan fingerprint density at radius 1 is 1.23 bits per heavy atom. The number of amides is 2. The van der Waals surface area contributed by atoms with Crippen LogP contribution >= 0.6 is 0 Å². The Bertz CT molecular complexity index is 894. The molecule has 0 radical (unpaired) electrons. The lowest BCUT2D eigenvalue weighted by Gasteiger charge is -2.31. The van der Waals surface area contributed by atoms with E-state index in [0.29, 0.717) is 12.8 Å². The fraction of sp³-hybridized carbons (Fsp3) is 0.435. The zero-order valence-corrected chi connectivity index (χ0v) is 17.9. The van der Waals surface area contributed by atoms with Gasteiger partial charge in [0.05, 0.1) is 12.4 Å². The molecule has 1 aliphatic heterocycles. The van der Waals surface area contributed by atoms with Gasteiger partial charge in [0, 0.05) is 6.07 Å². The second-order valence-electron chi connectivity index (χ2n) is 8.21. The normalized spacial score (nSPS) is 19.6. The number of nitrogens with one attached hydrogen (secondary N) is 2. The van der Waals surface area contributed by atoms with Gasteiger partial charge in [-0.1, -0.05) is 51.1 Å². The van der Waals surface area contributed by atoms with Crippen LogP contribution in [0.4, 0.5) is 4.79 Å². The molecular formula is C23H28N2O6. The van der Waals surface area contributed by atoms with Gasteiger partial charge in [-0.15, -0.1) is 0 Å². The van der Waals surface area contributed by atoms with Gasteiger partial charge in [-0.3, -0.25) is 9.59 Å². The van der Waals surface area contributed by atoms with Gasteiger partial charge in [0.15, 0.2) is 11.5 Å². The van der Waals surface area contributed by atoms with E-state index in [-0.39, 0.29) is 24.2 Å². The average molecular weight is 428 g/mol. The van der Waals surface area contributed by atoms with Crippen LogP contribution in [0.1, 0.15) is 39.2 Å². The number of Topliss-reactive ketones (excluding diaryl/α,β-unsaturated/α-hetero) is 1. The summed E-state index contributed by atoms with van der Waals surface area (Å²) in [4.78, 5) is 37.7. The summed E-state index contributed by atoms with van der Waals surface area (Å²) in [5.41, 5.74) is 0.580. The van der Waals surface area contributed by atoms with Crippen LogP contribution in [0.3, 0.4) is 0 Å². The van der Waals surface area contributed by atoms with E-state index in [9.17, 15) is 14.4 Å². The van der Waals surface area contributed by atoms with Crippen LogP contribution < -0.4 is 15.4 Å².